The molecule has 1 nitrogen and oxygen atoms in total. The zero-order valence-electron chi connectivity index (χ0n) is 10.9. The van der Waals surface area contributed by atoms with E-state index >= 15 is 0 Å². The summed E-state index contributed by atoms with van der Waals surface area (Å²) in [7, 11) is 0. The van der Waals surface area contributed by atoms with Crippen molar-refractivity contribution in [2.75, 3.05) is 6.54 Å². The molecule has 0 spiro atoms. The van der Waals surface area contributed by atoms with Crippen molar-refractivity contribution in [1.82, 2.24) is 5.32 Å². The van der Waals surface area contributed by atoms with E-state index in [0.717, 1.165) is 11.8 Å². The SMILES string of the molecule is Cc1cccc(C)c1C1CC1CNC(C)C. The second-order valence-corrected chi connectivity index (χ2v) is 5.47. The topological polar surface area (TPSA) is 12.0 Å². The van der Waals surface area contributed by atoms with E-state index in [1.807, 2.05) is 0 Å². The molecule has 2 rings (SSSR count). The van der Waals surface area contributed by atoms with E-state index in [-0.39, 0.29) is 0 Å². The highest BCUT2D eigenvalue weighted by atomic mass is 14.9. The van der Waals surface area contributed by atoms with Gasteiger partial charge in [-0.2, -0.15) is 0 Å². The molecule has 88 valence electrons. The van der Waals surface area contributed by atoms with Crippen molar-refractivity contribution in [2.24, 2.45) is 5.92 Å². The lowest BCUT2D eigenvalue weighted by atomic mass is 9.98. The van der Waals surface area contributed by atoms with Gasteiger partial charge in [0.15, 0.2) is 0 Å². The molecule has 1 saturated carbocycles. The molecule has 0 amide bonds. The monoisotopic (exact) mass is 217 g/mol. The molecule has 0 aliphatic heterocycles. The first-order valence-corrected chi connectivity index (χ1v) is 6.39. The lowest BCUT2D eigenvalue weighted by Gasteiger charge is -2.11. The van der Waals surface area contributed by atoms with Crippen molar-refractivity contribution in [3.8, 4) is 0 Å². The number of nitrogens with one attached hydrogen (secondary N) is 1. The van der Waals surface area contributed by atoms with Crippen LogP contribution in [0.3, 0.4) is 0 Å². The first-order chi connectivity index (χ1) is 7.59. The van der Waals surface area contributed by atoms with Gasteiger partial charge in [0.2, 0.25) is 0 Å². The van der Waals surface area contributed by atoms with Crippen LogP contribution in [0.2, 0.25) is 0 Å². The lowest BCUT2D eigenvalue weighted by Crippen LogP contribution is -2.25. The molecule has 1 heteroatoms. The Morgan fingerprint density at radius 3 is 2.44 bits per heavy atom. The van der Waals surface area contributed by atoms with Gasteiger partial charge in [0.05, 0.1) is 0 Å². The average molecular weight is 217 g/mol. The minimum Gasteiger partial charge on any atom is -0.314 e. The van der Waals surface area contributed by atoms with Crippen molar-refractivity contribution in [3.63, 3.8) is 0 Å². The van der Waals surface area contributed by atoms with Crippen LogP contribution in [0.1, 0.15) is 42.9 Å². The van der Waals surface area contributed by atoms with Crippen LogP contribution < -0.4 is 5.32 Å². The fraction of sp³-hybridized carbons (Fsp3) is 0.600. The molecule has 0 saturated heterocycles. The van der Waals surface area contributed by atoms with Crippen LogP contribution in [0.5, 0.6) is 0 Å². The highest BCUT2D eigenvalue weighted by Crippen LogP contribution is 2.49. The fourth-order valence-electron chi connectivity index (χ4n) is 2.63. The highest BCUT2D eigenvalue weighted by Gasteiger charge is 2.39. The van der Waals surface area contributed by atoms with Gasteiger partial charge >= 0.3 is 0 Å². The van der Waals surface area contributed by atoms with Crippen LogP contribution in [-0.2, 0) is 0 Å². The summed E-state index contributed by atoms with van der Waals surface area (Å²) in [6.45, 7) is 10.1. The molecule has 0 heterocycles. The quantitative estimate of drug-likeness (QED) is 0.815. The summed E-state index contributed by atoms with van der Waals surface area (Å²) in [4.78, 5) is 0. The van der Waals surface area contributed by atoms with Gasteiger partial charge in [0.25, 0.3) is 0 Å². The molecule has 1 aliphatic rings. The summed E-state index contributed by atoms with van der Waals surface area (Å²) in [6, 6.07) is 7.26. The van der Waals surface area contributed by atoms with E-state index in [9.17, 15) is 0 Å². The van der Waals surface area contributed by atoms with Gasteiger partial charge < -0.3 is 5.32 Å². The van der Waals surface area contributed by atoms with Gasteiger partial charge in [0.1, 0.15) is 0 Å². The average Bonchev–Trinajstić information content (AvgIpc) is 2.94. The summed E-state index contributed by atoms with van der Waals surface area (Å²) < 4.78 is 0. The van der Waals surface area contributed by atoms with E-state index in [0.29, 0.717) is 6.04 Å². The predicted octanol–water partition coefficient (Wildman–Crippen LogP) is 3.40. The Morgan fingerprint density at radius 1 is 1.25 bits per heavy atom. The van der Waals surface area contributed by atoms with Crippen molar-refractivity contribution >= 4 is 0 Å². The van der Waals surface area contributed by atoms with E-state index in [1.54, 1.807) is 5.56 Å². The first-order valence-electron chi connectivity index (χ1n) is 6.39. The van der Waals surface area contributed by atoms with Crippen molar-refractivity contribution < 1.29 is 0 Å². The summed E-state index contributed by atoms with van der Waals surface area (Å²) in [6.07, 6.45) is 1.37. The van der Waals surface area contributed by atoms with Crippen LogP contribution in [0.25, 0.3) is 0 Å². The zero-order valence-corrected chi connectivity index (χ0v) is 10.9. The molecule has 0 aromatic heterocycles. The van der Waals surface area contributed by atoms with Crippen LogP contribution in [0.15, 0.2) is 18.2 Å². The van der Waals surface area contributed by atoms with Crippen molar-refractivity contribution in [2.45, 2.75) is 46.1 Å². The molecule has 16 heavy (non-hydrogen) atoms. The molecule has 0 bridgehead atoms. The Morgan fingerprint density at radius 2 is 1.88 bits per heavy atom. The molecule has 1 fully saturated rings. The Balaban J connectivity index is 2.00. The van der Waals surface area contributed by atoms with Gasteiger partial charge in [0, 0.05) is 6.04 Å². The second kappa shape index (κ2) is 4.58. The third-order valence-electron chi connectivity index (χ3n) is 3.62. The maximum Gasteiger partial charge on any atom is 0.00104 e. The number of aryl methyl sites for hydroxylation is 2. The number of benzene rings is 1. The van der Waals surface area contributed by atoms with E-state index < -0.39 is 0 Å². The molecule has 2 unspecified atom stereocenters. The van der Waals surface area contributed by atoms with Crippen LogP contribution in [-0.4, -0.2) is 12.6 Å². The molecule has 1 aromatic rings. The van der Waals surface area contributed by atoms with E-state index in [2.05, 4.69) is 51.2 Å². The Labute approximate surface area is 99.3 Å². The maximum absolute atomic E-state index is 3.55. The summed E-state index contributed by atoms with van der Waals surface area (Å²) in [5.74, 6) is 1.68. The smallest absolute Gasteiger partial charge is 0.00104 e. The third kappa shape index (κ3) is 2.46. The molecule has 1 aliphatic carbocycles. The van der Waals surface area contributed by atoms with Gasteiger partial charge in [-0.15, -0.1) is 0 Å². The molecular weight excluding hydrogens is 194 g/mol. The van der Waals surface area contributed by atoms with E-state index in [1.165, 1.54) is 24.1 Å². The molecule has 0 radical (unpaired) electrons. The lowest BCUT2D eigenvalue weighted by molar-refractivity contribution is 0.554. The molecule has 2 atom stereocenters. The minimum atomic E-state index is 0.610. The maximum atomic E-state index is 3.55. The van der Waals surface area contributed by atoms with Gasteiger partial charge in [-0.05, 0) is 55.3 Å². The van der Waals surface area contributed by atoms with Crippen LogP contribution in [0, 0.1) is 19.8 Å². The number of rotatable bonds is 4. The third-order valence-corrected chi connectivity index (χ3v) is 3.62. The molecular formula is C15H23N. The Kier molecular flexibility index (Phi) is 3.34. The van der Waals surface area contributed by atoms with Gasteiger partial charge in [-0.3, -0.25) is 0 Å². The standard InChI is InChI=1S/C15H23N/c1-10(2)16-9-13-8-14(13)15-11(3)6-5-7-12(15)4/h5-7,10,13-14,16H,8-9H2,1-4H3. The van der Waals surface area contributed by atoms with Gasteiger partial charge in [-0.25, -0.2) is 0 Å². The normalized spacial score (nSPS) is 23.8. The van der Waals surface area contributed by atoms with Gasteiger partial charge in [-0.1, -0.05) is 32.0 Å². The predicted molar refractivity (Wildman–Crippen MR) is 69.9 cm³/mol. The number of hydrogen-bond donors (Lipinski definition) is 1. The largest absolute Gasteiger partial charge is 0.314 e. The van der Waals surface area contributed by atoms with Crippen LogP contribution in [0.4, 0.5) is 0 Å². The fourth-order valence-corrected chi connectivity index (χ4v) is 2.63. The minimum absolute atomic E-state index is 0.610. The summed E-state index contributed by atoms with van der Waals surface area (Å²) >= 11 is 0. The zero-order chi connectivity index (χ0) is 11.7. The van der Waals surface area contributed by atoms with Crippen LogP contribution >= 0.6 is 0 Å². The highest BCUT2D eigenvalue weighted by molar-refractivity contribution is 5.39. The van der Waals surface area contributed by atoms with E-state index in [4.69, 9.17) is 0 Å². The Hall–Kier alpha value is -0.820. The summed E-state index contributed by atoms with van der Waals surface area (Å²) in [5, 5.41) is 3.55. The number of hydrogen-bond acceptors (Lipinski definition) is 1. The first kappa shape index (κ1) is 11.7. The second-order valence-electron chi connectivity index (χ2n) is 5.47. The molecule has 1 N–H and O–H groups in total. The Bertz CT molecular complexity index is 347. The summed E-state index contributed by atoms with van der Waals surface area (Å²) in [5.41, 5.74) is 4.55. The van der Waals surface area contributed by atoms with Crippen molar-refractivity contribution in [3.05, 3.63) is 34.9 Å². The van der Waals surface area contributed by atoms with Crippen molar-refractivity contribution in [1.29, 1.82) is 0 Å². The molecule has 1 aromatic carbocycles.